The highest BCUT2D eigenvalue weighted by Gasteiger charge is 2.21. The van der Waals surface area contributed by atoms with E-state index in [1.165, 1.54) is 11.4 Å². The van der Waals surface area contributed by atoms with E-state index in [2.05, 4.69) is 25.7 Å². The second kappa shape index (κ2) is 11.1. The number of nitrogens with one attached hydrogen (secondary N) is 2. The zero-order valence-electron chi connectivity index (χ0n) is 21.3. The maximum Gasteiger partial charge on any atom is 0.253 e. The number of anilines is 1. The third-order valence-electron chi connectivity index (χ3n) is 6.23. The molecule has 5 rings (SSSR count). The largest absolute Gasteiger partial charge is 0.487 e. The summed E-state index contributed by atoms with van der Waals surface area (Å²) in [6.45, 7) is 3.92. The maximum atomic E-state index is 14.6. The normalized spacial score (nSPS) is 13.8. The Morgan fingerprint density at radius 1 is 1.18 bits per heavy atom. The number of imidazole rings is 1. The summed E-state index contributed by atoms with van der Waals surface area (Å²) >= 11 is 0. The molecule has 2 N–H and O–H groups in total. The molecule has 1 aliphatic rings. The van der Waals surface area contributed by atoms with Gasteiger partial charge in [0.1, 0.15) is 11.9 Å². The van der Waals surface area contributed by atoms with Gasteiger partial charge < -0.3 is 20.1 Å². The van der Waals surface area contributed by atoms with E-state index in [1.54, 1.807) is 37.5 Å². The molecule has 39 heavy (non-hydrogen) atoms. The van der Waals surface area contributed by atoms with Gasteiger partial charge in [0, 0.05) is 49.7 Å². The Morgan fingerprint density at radius 2 is 1.97 bits per heavy atom. The third-order valence-corrected chi connectivity index (χ3v) is 6.23. The second-order valence-corrected chi connectivity index (χ2v) is 9.17. The van der Waals surface area contributed by atoms with Crippen molar-refractivity contribution >= 4 is 23.3 Å². The monoisotopic (exact) mass is 536 g/mol. The van der Waals surface area contributed by atoms with Gasteiger partial charge in [-0.05, 0) is 31.2 Å². The van der Waals surface area contributed by atoms with Gasteiger partial charge in [-0.2, -0.15) is 5.10 Å². The van der Waals surface area contributed by atoms with Gasteiger partial charge in [0.15, 0.2) is 23.0 Å². The summed E-state index contributed by atoms with van der Waals surface area (Å²) < 4.78 is 41.4. The van der Waals surface area contributed by atoms with Crippen molar-refractivity contribution in [3.05, 3.63) is 71.2 Å². The van der Waals surface area contributed by atoms with E-state index in [0.29, 0.717) is 54.5 Å². The second-order valence-electron chi connectivity index (χ2n) is 9.17. The Bertz CT molecular complexity index is 1550. The predicted molar refractivity (Wildman–Crippen MR) is 137 cm³/mol. The quantitative estimate of drug-likeness (QED) is 0.369. The summed E-state index contributed by atoms with van der Waals surface area (Å²) in [6.07, 6.45) is 4.09. The molecular formula is C27H26F2N6O4. The van der Waals surface area contributed by atoms with Gasteiger partial charge in [-0.15, -0.1) is 0 Å². The number of hydrogen-bond acceptors (Lipinski definition) is 7. The molecule has 10 nitrogen and oxygen atoms in total. The van der Waals surface area contributed by atoms with Crippen LogP contribution in [0.3, 0.4) is 0 Å². The van der Waals surface area contributed by atoms with Gasteiger partial charge in [0.25, 0.3) is 5.91 Å². The molecule has 1 saturated heterocycles. The number of carbonyl (C=O) groups is 2. The van der Waals surface area contributed by atoms with Crippen molar-refractivity contribution in [2.24, 2.45) is 0 Å². The number of fused-ring (bicyclic) bond motifs is 1. The minimum atomic E-state index is -0.826. The van der Waals surface area contributed by atoms with Crippen molar-refractivity contribution in [1.82, 2.24) is 24.9 Å². The van der Waals surface area contributed by atoms with Crippen molar-refractivity contribution in [3.8, 4) is 17.0 Å². The average Bonchev–Trinajstić information content (AvgIpc) is 3.30. The highest BCUT2D eigenvalue weighted by Crippen LogP contribution is 2.28. The fourth-order valence-electron chi connectivity index (χ4n) is 4.29. The minimum Gasteiger partial charge on any atom is -0.487 e. The molecule has 0 spiro atoms. The first-order chi connectivity index (χ1) is 18.8. The molecule has 0 aliphatic carbocycles. The number of aromatic nitrogens is 4. The molecule has 0 saturated carbocycles. The van der Waals surface area contributed by atoms with E-state index >= 15 is 0 Å². The van der Waals surface area contributed by atoms with E-state index in [0.717, 1.165) is 12.1 Å². The molecule has 4 aromatic rings. The summed E-state index contributed by atoms with van der Waals surface area (Å²) in [4.78, 5) is 33.1. The lowest BCUT2D eigenvalue weighted by molar-refractivity contribution is -0.114. The van der Waals surface area contributed by atoms with Crippen LogP contribution in [-0.4, -0.2) is 50.7 Å². The Labute approximate surface area is 222 Å². The molecule has 1 fully saturated rings. The third kappa shape index (κ3) is 6.01. The smallest absolute Gasteiger partial charge is 0.253 e. The number of halogens is 2. The molecule has 0 bridgehead atoms. The van der Waals surface area contributed by atoms with Crippen LogP contribution in [0.2, 0.25) is 0 Å². The molecular weight excluding hydrogens is 510 g/mol. The van der Waals surface area contributed by atoms with Crippen LogP contribution in [-0.2, 0) is 16.1 Å². The van der Waals surface area contributed by atoms with Gasteiger partial charge in [-0.25, -0.2) is 18.3 Å². The van der Waals surface area contributed by atoms with E-state index in [4.69, 9.17) is 9.47 Å². The molecule has 0 unspecified atom stereocenters. The average molecular weight is 537 g/mol. The van der Waals surface area contributed by atoms with Gasteiger partial charge in [0.2, 0.25) is 5.91 Å². The zero-order valence-corrected chi connectivity index (χ0v) is 21.3. The summed E-state index contributed by atoms with van der Waals surface area (Å²) in [6, 6.07) is 7.01. The highest BCUT2D eigenvalue weighted by molar-refractivity contribution is 5.96. The summed E-state index contributed by atoms with van der Waals surface area (Å²) in [5, 5.41) is 9.84. The van der Waals surface area contributed by atoms with E-state index < -0.39 is 17.5 Å². The van der Waals surface area contributed by atoms with Gasteiger partial charge >= 0.3 is 0 Å². The van der Waals surface area contributed by atoms with E-state index in [1.807, 2.05) is 0 Å². The van der Waals surface area contributed by atoms with Crippen LogP contribution in [0.5, 0.6) is 5.75 Å². The number of rotatable bonds is 7. The van der Waals surface area contributed by atoms with Crippen molar-refractivity contribution in [2.75, 3.05) is 18.5 Å². The molecule has 202 valence electrons. The van der Waals surface area contributed by atoms with Crippen LogP contribution in [0.4, 0.5) is 14.6 Å². The standard InChI is InChI=1S/C27H26F2N6O4/c1-15-21(10-17(12-30-15)23-3-4-25-33-24(32-16(2)36)14-35(25)34-23)27(37)31-13-18-9-19(28)11-22(29)26(18)39-20-5-7-38-8-6-20/h3-4,9-12,14,20H,5-8,13H2,1-2H3,(H,31,37)(H,32,36). The lowest BCUT2D eigenvalue weighted by atomic mass is 10.1. The molecule has 1 aromatic carbocycles. The van der Waals surface area contributed by atoms with Crippen molar-refractivity contribution in [3.63, 3.8) is 0 Å². The molecule has 1 aliphatic heterocycles. The number of carbonyl (C=O) groups excluding carboxylic acids is 2. The first-order valence-electron chi connectivity index (χ1n) is 12.4. The topological polar surface area (TPSA) is 120 Å². The van der Waals surface area contributed by atoms with Crippen molar-refractivity contribution < 1.29 is 27.8 Å². The molecule has 2 amide bonds. The molecule has 4 heterocycles. The van der Waals surface area contributed by atoms with Crippen LogP contribution in [0, 0.1) is 18.6 Å². The lowest BCUT2D eigenvalue weighted by Gasteiger charge is -2.25. The van der Waals surface area contributed by atoms with Crippen molar-refractivity contribution in [2.45, 2.75) is 39.3 Å². The van der Waals surface area contributed by atoms with Crippen molar-refractivity contribution in [1.29, 1.82) is 0 Å². The summed E-state index contributed by atoms with van der Waals surface area (Å²) in [5.41, 5.74) is 2.57. The first-order valence-corrected chi connectivity index (χ1v) is 12.4. The first kappa shape index (κ1) is 26.2. The Morgan fingerprint density at radius 3 is 2.74 bits per heavy atom. The van der Waals surface area contributed by atoms with Gasteiger partial charge in [-0.3, -0.25) is 14.6 Å². The fourth-order valence-corrected chi connectivity index (χ4v) is 4.29. The Balaban J connectivity index is 1.35. The lowest BCUT2D eigenvalue weighted by Crippen LogP contribution is -2.28. The van der Waals surface area contributed by atoms with E-state index in [-0.39, 0.29) is 35.4 Å². The molecule has 12 heteroatoms. The molecule has 0 atom stereocenters. The fraction of sp³-hybridized carbons (Fsp3) is 0.296. The summed E-state index contributed by atoms with van der Waals surface area (Å²) in [7, 11) is 0. The van der Waals surface area contributed by atoms with Crippen LogP contribution >= 0.6 is 0 Å². The van der Waals surface area contributed by atoms with Crippen LogP contribution in [0.15, 0.2) is 42.7 Å². The van der Waals surface area contributed by atoms with Crippen LogP contribution in [0.1, 0.15) is 41.4 Å². The van der Waals surface area contributed by atoms with Gasteiger partial charge in [-0.1, -0.05) is 0 Å². The van der Waals surface area contributed by atoms with Crippen LogP contribution < -0.4 is 15.4 Å². The summed E-state index contributed by atoms with van der Waals surface area (Å²) in [5.74, 6) is -2.03. The van der Waals surface area contributed by atoms with Crippen LogP contribution in [0.25, 0.3) is 16.9 Å². The number of amides is 2. The number of benzene rings is 1. The number of aryl methyl sites for hydroxylation is 1. The van der Waals surface area contributed by atoms with Gasteiger partial charge in [0.05, 0.1) is 36.4 Å². The number of nitrogens with zero attached hydrogens (tertiary/aromatic N) is 4. The maximum absolute atomic E-state index is 14.6. The number of hydrogen-bond donors (Lipinski definition) is 2. The molecule has 3 aromatic heterocycles. The molecule has 0 radical (unpaired) electrons. The zero-order chi connectivity index (χ0) is 27.5. The SMILES string of the molecule is CC(=O)Nc1cn2nc(-c3cnc(C)c(C(=O)NCc4cc(F)cc(F)c4OC4CCOCC4)c3)ccc2n1. The predicted octanol–water partition coefficient (Wildman–Crippen LogP) is 3.82. The minimum absolute atomic E-state index is 0.0799. The Kier molecular flexibility index (Phi) is 7.46. The number of pyridine rings is 1. The number of ether oxygens (including phenoxy) is 2. The van der Waals surface area contributed by atoms with E-state index in [9.17, 15) is 18.4 Å². The Hall–Kier alpha value is -4.45. The highest BCUT2D eigenvalue weighted by atomic mass is 19.1.